The molecular formula is C19H19N. The number of nitrogens with two attached hydrogens (primary N) is 1. The normalized spacial score (nSPS) is 12.5. The van der Waals surface area contributed by atoms with Crippen molar-refractivity contribution in [1.82, 2.24) is 0 Å². The second-order valence-electron chi connectivity index (χ2n) is 5.17. The van der Waals surface area contributed by atoms with E-state index in [1.165, 1.54) is 27.5 Å². The molecule has 20 heavy (non-hydrogen) atoms. The quantitative estimate of drug-likeness (QED) is 0.711. The fraction of sp³-hybridized carbons (Fsp3) is 0.158. The largest absolute Gasteiger partial charge is 0.324 e. The van der Waals surface area contributed by atoms with E-state index in [1.807, 2.05) is 0 Å². The third-order valence-electron chi connectivity index (χ3n) is 3.86. The van der Waals surface area contributed by atoms with Gasteiger partial charge in [0.15, 0.2) is 0 Å². The van der Waals surface area contributed by atoms with E-state index in [0.29, 0.717) is 0 Å². The first-order chi connectivity index (χ1) is 9.79. The van der Waals surface area contributed by atoms with Crippen LogP contribution in [0.3, 0.4) is 0 Å². The number of rotatable bonds is 3. The molecule has 0 saturated heterocycles. The maximum absolute atomic E-state index is 6.15. The Bertz CT molecular complexity index is 725. The van der Waals surface area contributed by atoms with Crippen LogP contribution in [0.15, 0.2) is 66.7 Å². The maximum Gasteiger partial charge on any atom is 0.0292 e. The molecule has 0 aliphatic rings. The van der Waals surface area contributed by atoms with Gasteiger partial charge in [0.1, 0.15) is 0 Å². The SMILES string of the molecule is CCC(N)c1cccc(-c2cccc3ccccc23)c1. The third-order valence-corrected chi connectivity index (χ3v) is 3.86. The van der Waals surface area contributed by atoms with Gasteiger partial charge in [-0.25, -0.2) is 0 Å². The molecule has 1 atom stereocenters. The number of hydrogen-bond acceptors (Lipinski definition) is 1. The van der Waals surface area contributed by atoms with Crippen molar-refractivity contribution < 1.29 is 0 Å². The molecule has 0 saturated carbocycles. The summed E-state index contributed by atoms with van der Waals surface area (Å²) < 4.78 is 0. The molecule has 0 fully saturated rings. The van der Waals surface area contributed by atoms with Crippen LogP contribution >= 0.6 is 0 Å². The molecule has 0 amide bonds. The molecule has 0 spiro atoms. The van der Waals surface area contributed by atoms with Crippen LogP contribution in [-0.2, 0) is 0 Å². The van der Waals surface area contributed by atoms with Gasteiger partial charge in [-0.3, -0.25) is 0 Å². The lowest BCUT2D eigenvalue weighted by Crippen LogP contribution is -2.08. The van der Waals surface area contributed by atoms with E-state index in [4.69, 9.17) is 5.73 Å². The van der Waals surface area contributed by atoms with Crippen molar-refractivity contribution in [2.24, 2.45) is 5.73 Å². The van der Waals surface area contributed by atoms with Gasteiger partial charge >= 0.3 is 0 Å². The van der Waals surface area contributed by atoms with Crippen LogP contribution in [0, 0.1) is 0 Å². The van der Waals surface area contributed by atoms with Gasteiger partial charge in [-0.1, -0.05) is 67.6 Å². The second kappa shape index (κ2) is 5.48. The number of benzene rings is 3. The maximum atomic E-state index is 6.15. The predicted molar refractivity (Wildman–Crippen MR) is 86.6 cm³/mol. The van der Waals surface area contributed by atoms with E-state index in [9.17, 15) is 0 Å². The number of fused-ring (bicyclic) bond motifs is 1. The van der Waals surface area contributed by atoms with Gasteiger partial charge in [-0.05, 0) is 39.9 Å². The summed E-state index contributed by atoms with van der Waals surface area (Å²) >= 11 is 0. The van der Waals surface area contributed by atoms with Gasteiger partial charge in [-0.2, -0.15) is 0 Å². The molecule has 0 heterocycles. The fourth-order valence-corrected chi connectivity index (χ4v) is 2.65. The average molecular weight is 261 g/mol. The van der Waals surface area contributed by atoms with Gasteiger partial charge in [0.2, 0.25) is 0 Å². The highest BCUT2D eigenvalue weighted by Gasteiger charge is 2.07. The van der Waals surface area contributed by atoms with E-state index >= 15 is 0 Å². The van der Waals surface area contributed by atoms with Gasteiger partial charge in [0, 0.05) is 6.04 Å². The van der Waals surface area contributed by atoms with Crippen LogP contribution in [0.1, 0.15) is 24.9 Å². The molecule has 1 nitrogen and oxygen atoms in total. The minimum atomic E-state index is 0.116. The molecule has 0 radical (unpaired) electrons. The molecule has 0 aliphatic carbocycles. The molecule has 0 bridgehead atoms. The summed E-state index contributed by atoms with van der Waals surface area (Å²) in [6.07, 6.45) is 0.957. The first kappa shape index (κ1) is 12.9. The van der Waals surface area contributed by atoms with E-state index in [-0.39, 0.29) is 6.04 Å². The molecule has 3 aromatic carbocycles. The Kier molecular flexibility index (Phi) is 3.53. The molecular weight excluding hydrogens is 242 g/mol. The van der Waals surface area contributed by atoms with E-state index in [0.717, 1.165) is 6.42 Å². The third kappa shape index (κ3) is 2.33. The van der Waals surface area contributed by atoms with Gasteiger partial charge in [0.25, 0.3) is 0 Å². The molecule has 1 heteroatoms. The van der Waals surface area contributed by atoms with Crippen LogP contribution in [0.5, 0.6) is 0 Å². The van der Waals surface area contributed by atoms with Crippen molar-refractivity contribution in [3.8, 4) is 11.1 Å². The van der Waals surface area contributed by atoms with Crippen molar-refractivity contribution in [1.29, 1.82) is 0 Å². The zero-order valence-electron chi connectivity index (χ0n) is 11.7. The highest BCUT2D eigenvalue weighted by Crippen LogP contribution is 2.30. The molecule has 0 aliphatic heterocycles. The number of hydrogen-bond donors (Lipinski definition) is 1. The Balaban J connectivity index is 2.16. The smallest absolute Gasteiger partial charge is 0.0292 e. The molecule has 3 rings (SSSR count). The standard InChI is InChI=1S/C19H19N/c1-2-19(20)16-10-5-9-15(13-16)18-12-6-8-14-7-3-4-11-17(14)18/h3-13,19H,2,20H2,1H3. The summed E-state index contributed by atoms with van der Waals surface area (Å²) in [7, 11) is 0. The predicted octanol–water partition coefficient (Wildman–Crippen LogP) is 4.92. The first-order valence-corrected chi connectivity index (χ1v) is 7.13. The highest BCUT2D eigenvalue weighted by molar-refractivity contribution is 5.96. The van der Waals surface area contributed by atoms with Crippen LogP contribution in [0.2, 0.25) is 0 Å². The van der Waals surface area contributed by atoms with Gasteiger partial charge < -0.3 is 5.73 Å². The van der Waals surface area contributed by atoms with Crippen molar-refractivity contribution >= 4 is 10.8 Å². The topological polar surface area (TPSA) is 26.0 Å². The van der Waals surface area contributed by atoms with Crippen molar-refractivity contribution in [3.63, 3.8) is 0 Å². The average Bonchev–Trinajstić information content (AvgIpc) is 2.53. The second-order valence-corrected chi connectivity index (χ2v) is 5.17. The lowest BCUT2D eigenvalue weighted by molar-refractivity contribution is 0.699. The minimum Gasteiger partial charge on any atom is -0.324 e. The summed E-state index contributed by atoms with van der Waals surface area (Å²) in [4.78, 5) is 0. The Morgan fingerprint density at radius 3 is 2.50 bits per heavy atom. The van der Waals surface area contributed by atoms with Crippen LogP contribution in [0.25, 0.3) is 21.9 Å². The van der Waals surface area contributed by atoms with Crippen molar-refractivity contribution in [2.45, 2.75) is 19.4 Å². The van der Waals surface area contributed by atoms with E-state index in [2.05, 4.69) is 73.7 Å². The Hall–Kier alpha value is -2.12. The lowest BCUT2D eigenvalue weighted by atomic mass is 9.95. The Labute approximate surface area is 120 Å². The van der Waals surface area contributed by atoms with Gasteiger partial charge in [0.05, 0.1) is 0 Å². The van der Waals surface area contributed by atoms with Crippen molar-refractivity contribution in [2.75, 3.05) is 0 Å². The molecule has 100 valence electrons. The Morgan fingerprint density at radius 2 is 1.65 bits per heavy atom. The summed E-state index contributed by atoms with van der Waals surface area (Å²) in [6, 6.07) is 23.7. The summed E-state index contributed by atoms with van der Waals surface area (Å²) in [5.74, 6) is 0. The van der Waals surface area contributed by atoms with Crippen LogP contribution < -0.4 is 5.73 Å². The zero-order chi connectivity index (χ0) is 13.9. The highest BCUT2D eigenvalue weighted by atomic mass is 14.6. The summed E-state index contributed by atoms with van der Waals surface area (Å²) in [5, 5.41) is 2.56. The van der Waals surface area contributed by atoms with E-state index < -0.39 is 0 Å². The molecule has 3 aromatic rings. The van der Waals surface area contributed by atoms with Crippen LogP contribution in [-0.4, -0.2) is 0 Å². The van der Waals surface area contributed by atoms with Crippen molar-refractivity contribution in [3.05, 3.63) is 72.3 Å². The first-order valence-electron chi connectivity index (χ1n) is 7.13. The Morgan fingerprint density at radius 1 is 0.900 bits per heavy atom. The molecule has 0 aromatic heterocycles. The monoisotopic (exact) mass is 261 g/mol. The van der Waals surface area contributed by atoms with Gasteiger partial charge in [-0.15, -0.1) is 0 Å². The van der Waals surface area contributed by atoms with Crippen LogP contribution in [0.4, 0.5) is 0 Å². The van der Waals surface area contributed by atoms with E-state index in [1.54, 1.807) is 0 Å². The molecule has 2 N–H and O–H groups in total. The zero-order valence-corrected chi connectivity index (χ0v) is 11.7. The summed E-state index contributed by atoms with van der Waals surface area (Å²) in [5.41, 5.74) is 9.87. The minimum absolute atomic E-state index is 0.116. The fourth-order valence-electron chi connectivity index (χ4n) is 2.65. The summed E-state index contributed by atoms with van der Waals surface area (Å²) in [6.45, 7) is 2.12. The molecule has 1 unspecified atom stereocenters. The lowest BCUT2D eigenvalue weighted by Gasteiger charge is -2.12.